The van der Waals surface area contributed by atoms with Crippen LogP contribution in [0.2, 0.25) is 0 Å². The Morgan fingerprint density at radius 2 is 2.00 bits per heavy atom. The maximum Gasteiger partial charge on any atom is 0.201 e. The van der Waals surface area contributed by atoms with Crippen LogP contribution in [0, 0.1) is 11.3 Å². The van der Waals surface area contributed by atoms with Crippen LogP contribution in [0.4, 0.5) is 11.6 Å². The topological polar surface area (TPSA) is 108 Å². The molecule has 0 radical (unpaired) electrons. The highest BCUT2D eigenvalue weighted by molar-refractivity contribution is 5.99. The smallest absolute Gasteiger partial charge is 0.201 e. The standard InChI is InChI=1S/C22H27N5O2/c1-22(2,28)15-5-8-19(26-12-15)27-20-11-17(9-10-24-20)29-18(13-25-16-6-7-16)21(23)14-3-4-14/h5,8-14,16,23,25,28H,3-4,6-7H2,1-2H3,(H,24,26,27)/p+1/b18-13+,23-21?. The highest BCUT2D eigenvalue weighted by Crippen LogP contribution is 2.33. The van der Waals surface area contributed by atoms with Gasteiger partial charge in [0.1, 0.15) is 23.6 Å². The van der Waals surface area contributed by atoms with Crippen molar-refractivity contribution < 1.29 is 15.2 Å². The number of anilines is 2. The number of aliphatic hydroxyl groups is 1. The van der Waals surface area contributed by atoms with Crippen molar-refractivity contribution in [2.45, 2.75) is 51.2 Å². The minimum absolute atomic E-state index is 0.326. The average Bonchev–Trinajstić information content (AvgIpc) is 3.58. The van der Waals surface area contributed by atoms with Gasteiger partial charge >= 0.3 is 0 Å². The van der Waals surface area contributed by atoms with E-state index in [0.717, 1.165) is 18.4 Å². The second kappa shape index (κ2) is 7.93. The zero-order chi connectivity index (χ0) is 20.4. The number of nitrogens with one attached hydrogen (secondary N) is 2. The molecule has 2 saturated carbocycles. The molecule has 0 unspecified atom stereocenters. The summed E-state index contributed by atoms with van der Waals surface area (Å²) in [6.45, 7) is 3.45. The van der Waals surface area contributed by atoms with Gasteiger partial charge in [-0.25, -0.2) is 9.97 Å². The minimum Gasteiger partial charge on any atom is -0.450 e. The lowest BCUT2D eigenvalue weighted by atomic mass is 10.0. The van der Waals surface area contributed by atoms with Crippen LogP contribution in [-0.4, -0.2) is 26.8 Å². The molecule has 0 atom stereocenters. The van der Waals surface area contributed by atoms with Gasteiger partial charge < -0.3 is 25.9 Å². The van der Waals surface area contributed by atoms with Gasteiger partial charge in [-0.05, 0) is 38.8 Å². The number of nitrogens with two attached hydrogens (primary N) is 1. The van der Waals surface area contributed by atoms with Crippen molar-refractivity contribution >= 4 is 17.3 Å². The second-order valence-corrected chi connectivity index (χ2v) is 8.34. The Morgan fingerprint density at radius 3 is 2.62 bits per heavy atom. The first-order chi connectivity index (χ1) is 13.9. The molecule has 0 bridgehead atoms. The van der Waals surface area contributed by atoms with Crippen molar-refractivity contribution in [1.29, 1.82) is 5.41 Å². The number of rotatable bonds is 9. The van der Waals surface area contributed by atoms with Crippen molar-refractivity contribution in [3.8, 4) is 5.75 Å². The highest BCUT2D eigenvalue weighted by atomic mass is 16.5. The predicted molar refractivity (Wildman–Crippen MR) is 111 cm³/mol. The molecule has 4 rings (SSSR count). The first kappa shape index (κ1) is 19.5. The maximum absolute atomic E-state index is 10.0. The molecule has 2 fully saturated rings. The molecular formula is C22H28N5O2+. The van der Waals surface area contributed by atoms with E-state index in [9.17, 15) is 5.11 Å². The Morgan fingerprint density at radius 1 is 1.21 bits per heavy atom. The van der Waals surface area contributed by atoms with Crippen molar-refractivity contribution in [3.63, 3.8) is 0 Å². The fraction of sp³-hybridized carbons (Fsp3) is 0.409. The molecule has 2 aliphatic rings. The van der Waals surface area contributed by atoms with Gasteiger partial charge in [0, 0.05) is 42.8 Å². The zero-order valence-corrected chi connectivity index (χ0v) is 16.9. The molecule has 0 amide bonds. The van der Waals surface area contributed by atoms with Gasteiger partial charge in [0.25, 0.3) is 0 Å². The van der Waals surface area contributed by atoms with Crippen molar-refractivity contribution in [3.05, 3.63) is 54.2 Å². The molecule has 7 nitrogen and oxygen atoms in total. The van der Waals surface area contributed by atoms with Crippen LogP contribution in [0.1, 0.15) is 45.1 Å². The molecule has 29 heavy (non-hydrogen) atoms. The largest absolute Gasteiger partial charge is 0.450 e. The third kappa shape index (κ3) is 5.40. The number of hydrogen-bond donors (Lipinski definition) is 4. The van der Waals surface area contributed by atoms with Crippen molar-refractivity contribution in [1.82, 2.24) is 9.97 Å². The molecule has 2 aromatic heterocycles. The van der Waals surface area contributed by atoms with E-state index >= 15 is 0 Å². The molecule has 0 aromatic carbocycles. The number of ether oxygens (including phenoxy) is 1. The fourth-order valence-electron chi connectivity index (χ4n) is 2.90. The first-order valence-corrected chi connectivity index (χ1v) is 10.1. The van der Waals surface area contributed by atoms with Crippen LogP contribution in [0.3, 0.4) is 0 Å². The lowest BCUT2D eigenvalue weighted by Gasteiger charge is -2.17. The first-order valence-electron chi connectivity index (χ1n) is 10.1. The molecule has 152 valence electrons. The van der Waals surface area contributed by atoms with E-state index in [4.69, 9.17) is 10.1 Å². The molecular weight excluding hydrogens is 366 g/mol. The van der Waals surface area contributed by atoms with Crippen LogP contribution in [-0.2, 0) is 5.60 Å². The van der Waals surface area contributed by atoms with Crippen LogP contribution in [0.15, 0.2) is 48.6 Å². The number of nitrogens with zero attached hydrogens (tertiary/aromatic N) is 2. The zero-order valence-electron chi connectivity index (χ0n) is 16.9. The van der Waals surface area contributed by atoms with E-state index in [0.29, 0.717) is 40.8 Å². The summed E-state index contributed by atoms with van der Waals surface area (Å²) in [6, 6.07) is 7.87. The summed E-state index contributed by atoms with van der Waals surface area (Å²) >= 11 is 0. The Labute approximate surface area is 170 Å². The van der Waals surface area contributed by atoms with Gasteiger partial charge in [-0.2, -0.15) is 0 Å². The monoisotopic (exact) mass is 394 g/mol. The summed E-state index contributed by atoms with van der Waals surface area (Å²) in [6.07, 6.45) is 9.87. The molecule has 0 aliphatic heterocycles. The summed E-state index contributed by atoms with van der Waals surface area (Å²) in [5.41, 5.74) is 0.398. The van der Waals surface area contributed by atoms with Gasteiger partial charge in [-0.1, -0.05) is 6.07 Å². The van der Waals surface area contributed by atoms with E-state index in [1.165, 1.54) is 12.8 Å². The van der Waals surface area contributed by atoms with Gasteiger partial charge in [-0.15, -0.1) is 0 Å². The van der Waals surface area contributed by atoms with E-state index < -0.39 is 5.60 Å². The molecule has 5 N–H and O–H groups in total. The summed E-state index contributed by atoms with van der Waals surface area (Å²) in [7, 11) is 0. The van der Waals surface area contributed by atoms with Crippen molar-refractivity contribution in [2.24, 2.45) is 5.92 Å². The Bertz CT molecular complexity index is 910. The van der Waals surface area contributed by atoms with Crippen LogP contribution in [0.5, 0.6) is 5.75 Å². The Kier molecular flexibility index (Phi) is 5.34. The quantitative estimate of drug-likeness (QED) is 0.386. The summed E-state index contributed by atoms with van der Waals surface area (Å²) in [5.74, 6) is 2.83. The van der Waals surface area contributed by atoms with Crippen LogP contribution >= 0.6 is 0 Å². The van der Waals surface area contributed by atoms with Gasteiger partial charge in [0.15, 0.2) is 0 Å². The number of aromatic nitrogens is 2. The third-order valence-corrected chi connectivity index (χ3v) is 5.08. The second-order valence-electron chi connectivity index (χ2n) is 8.34. The normalized spacial score (nSPS) is 17.1. The number of allylic oxidation sites excluding steroid dienone is 1. The number of quaternary nitrogens is 1. The Hall–Kier alpha value is -2.77. The fourth-order valence-corrected chi connectivity index (χ4v) is 2.90. The number of hydrogen-bond acceptors (Lipinski definition) is 6. The van der Waals surface area contributed by atoms with Crippen molar-refractivity contribution in [2.75, 3.05) is 5.32 Å². The van der Waals surface area contributed by atoms with E-state index in [1.54, 1.807) is 44.4 Å². The molecule has 2 aliphatic carbocycles. The third-order valence-electron chi connectivity index (χ3n) is 5.08. The van der Waals surface area contributed by atoms with Crippen LogP contribution in [0.25, 0.3) is 0 Å². The highest BCUT2D eigenvalue weighted by Gasteiger charge is 2.32. The van der Waals surface area contributed by atoms with Crippen LogP contribution < -0.4 is 15.4 Å². The summed E-state index contributed by atoms with van der Waals surface area (Å²) < 4.78 is 6.07. The van der Waals surface area contributed by atoms with Gasteiger partial charge in [0.2, 0.25) is 5.76 Å². The van der Waals surface area contributed by atoms with E-state index in [-0.39, 0.29) is 0 Å². The lowest BCUT2D eigenvalue weighted by molar-refractivity contribution is -0.603. The minimum atomic E-state index is -0.927. The van der Waals surface area contributed by atoms with E-state index in [1.807, 2.05) is 12.3 Å². The van der Waals surface area contributed by atoms with E-state index in [2.05, 4.69) is 20.6 Å². The number of pyridine rings is 2. The molecule has 7 heteroatoms. The molecule has 0 spiro atoms. The van der Waals surface area contributed by atoms with Gasteiger partial charge in [-0.3, -0.25) is 0 Å². The SMILES string of the molecule is CC(C)(O)c1ccc(Nc2cc(O/C(=C/[NH2+]C3CC3)C(=N)C3CC3)ccn2)nc1. The molecule has 0 saturated heterocycles. The summed E-state index contributed by atoms with van der Waals surface area (Å²) in [4.78, 5) is 8.67. The average molecular weight is 394 g/mol. The lowest BCUT2D eigenvalue weighted by Crippen LogP contribution is -2.80. The Balaban J connectivity index is 1.45. The summed E-state index contributed by atoms with van der Waals surface area (Å²) in [5, 5.41) is 23.8. The molecule has 2 aromatic rings. The van der Waals surface area contributed by atoms with Gasteiger partial charge in [0.05, 0.1) is 17.4 Å². The maximum atomic E-state index is 10.0. The predicted octanol–water partition coefficient (Wildman–Crippen LogP) is 2.82. The molecule has 2 heterocycles.